The summed E-state index contributed by atoms with van der Waals surface area (Å²) in [5, 5.41) is 2.50. The molecule has 0 aliphatic rings. The van der Waals surface area contributed by atoms with Crippen LogP contribution in [0.15, 0.2) is 18.2 Å². The lowest BCUT2D eigenvalue weighted by atomic mass is 10.3. The predicted octanol–water partition coefficient (Wildman–Crippen LogP) is 1.05. The van der Waals surface area contributed by atoms with Crippen molar-refractivity contribution in [3.63, 3.8) is 0 Å². The number of carbonyl (C=O) groups excluding carboxylic acids is 1. The van der Waals surface area contributed by atoms with E-state index >= 15 is 0 Å². The van der Waals surface area contributed by atoms with Gasteiger partial charge in [0.05, 0.1) is 0 Å². The van der Waals surface area contributed by atoms with Gasteiger partial charge in [0.25, 0.3) is 5.91 Å². The summed E-state index contributed by atoms with van der Waals surface area (Å²) in [6, 6.07) is 5.33. The summed E-state index contributed by atoms with van der Waals surface area (Å²) < 4.78 is 0.823. The van der Waals surface area contributed by atoms with Gasteiger partial charge in [-0.25, -0.2) is 4.98 Å². The number of halogens is 1. The predicted molar refractivity (Wildman–Crippen MR) is 50.3 cm³/mol. The van der Waals surface area contributed by atoms with Crippen molar-refractivity contribution in [3.05, 3.63) is 27.6 Å². The van der Waals surface area contributed by atoms with Gasteiger partial charge in [-0.15, -0.1) is 0 Å². The van der Waals surface area contributed by atoms with E-state index in [0.29, 0.717) is 5.69 Å². The van der Waals surface area contributed by atoms with Gasteiger partial charge in [0.15, 0.2) is 0 Å². The molecule has 1 amide bonds. The SMILES string of the molecule is CNC(=O)c1cccc(I)n1. The van der Waals surface area contributed by atoms with Crippen LogP contribution in [0.4, 0.5) is 0 Å². The van der Waals surface area contributed by atoms with Crippen LogP contribution < -0.4 is 5.32 Å². The second kappa shape index (κ2) is 3.66. The molecule has 0 saturated carbocycles. The van der Waals surface area contributed by atoms with E-state index in [1.165, 1.54) is 0 Å². The summed E-state index contributed by atoms with van der Waals surface area (Å²) >= 11 is 2.06. The average Bonchev–Trinajstić information content (AvgIpc) is 2.03. The topological polar surface area (TPSA) is 42.0 Å². The molecule has 0 fully saturated rings. The minimum atomic E-state index is -0.150. The first-order chi connectivity index (χ1) is 5.24. The Bertz CT molecular complexity index is 275. The molecule has 1 rings (SSSR count). The molecule has 1 aromatic heterocycles. The Kier molecular flexibility index (Phi) is 2.81. The molecule has 0 atom stereocenters. The molecule has 0 radical (unpaired) electrons. The molecule has 0 spiro atoms. The largest absolute Gasteiger partial charge is 0.354 e. The molecule has 0 aliphatic carbocycles. The van der Waals surface area contributed by atoms with E-state index in [-0.39, 0.29) is 5.91 Å². The fourth-order valence-electron chi connectivity index (χ4n) is 0.663. The summed E-state index contributed by atoms with van der Waals surface area (Å²) in [4.78, 5) is 15.0. The van der Waals surface area contributed by atoms with Crippen molar-refractivity contribution < 1.29 is 4.79 Å². The van der Waals surface area contributed by atoms with Crippen LogP contribution in [0.5, 0.6) is 0 Å². The zero-order valence-electron chi connectivity index (χ0n) is 5.97. The van der Waals surface area contributed by atoms with Gasteiger partial charge in [-0.05, 0) is 34.7 Å². The Labute approximate surface area is 78.4 Å². The molecule has 3 nitrogen and oxygen atoms in total. The maximum atomic E-state index is 11.0. The second-order valence-electron chi connectivity index (χ2n) is 1.92. The number of nitrogens with zero attached hydrogens (tertiary/aromatic N) is 1. The Balaban J connectivity index is 2.96. The van der Waals surface area contributed by atoms with Gasteiger partial charge < -0.3 is 5.32 Å². The molecule has 0 saturated heterocycles. The Morgan fingerprint density at radius 3 is 2.91 bits per heavy atom. The Hall–Kier alpha value is -0.650. The van der Waals surface area contributed by atoms with Crippen LogP contribution in [0, 0.1) is 3.70 Å². The molecule has 11 heavy (non-hydrogen) atoms. The second-order valence-corrected chi connectivity index (χ2v) is 3.03. The van der Waals surface area contributed by atoms with Crippen LogP contribution in [-0.4, -0.2) is 17.9 Å². The van der Waals surface area contributed by atoms with Crippen molar-refractivity contribution in [2.24, 2.45) is 0 Å². The third-order valence-electron chi connectivity index (χ3n) is 1.17. The smallest absolute Gasteiger partial charge is 0.269 e. The van der Waals surface area contributed by atoms with E-state index in [0.717, 1.165) is 3.70 Å². The number of hydrogen-bond acceptors (Lipinski definition) is 2. The fourth-order valence-corrected chi connectivity index (χ4v) is 1.13. The van der Waals surface area contributed by atoms with E-state index < -0.39 is 0 Å². The van der Waals surface area contributed by atoms with Gasteiger partial charge in [-0.3, -0.25) is 4.79 Å². The summed E-state index contributed by atoms with van der Waals surface area (Å²) in [6.07, 6.45) is 0. The first kappa shape index (κ1) is 8.45. The van der Waals surface area contributed by atoms with Gasteiger partial charge in [-0.2, -0.15) is 0 Å². The molecular formula is C7H7IN2O. The molecule has 0 aliphatic heterocycles. The Morgan fingerprint density at radius 2 is 2.36 bits per heavy atom. The number of amides is 1. The van der Waals surface area contributed by atoms with E-state index in [2.05, 4.69) is 32.9 Å². The van der Waals surface area contributed by atoms with Gasteiger partial charge >= 0.3 is 0 Å². The minimum absolute atomic E-state index is 0.150. The van der Waals surface area contributed by atoms with Crippen LogP contribution in [0.1, 0.15) is 10.5 Å². The molecule has 0 bridgehead atoms. The normalized spacial score (nSPS) is 9.27. The van der Waals surface area contributed by atoms with E-state index in [9.17, 15) is 4.79 Å². The first-order valence-electron chi connectivity index (χ1n) is 3.08. The van der Waals surface area contributed by atoms with Crippen molar-refractivity contribution in [2.75, 3.05) is 7.05 Å². The van der Waals surface area contributed by atoms with E-state index in [1.54, 1.807) is 19.2 Å². The van der Waals surface area contributed by atoms with Crippen LogP contribution in [-0.2, 0) is 0 Å². The van der Waals surface area contributed by atoms with Crippen molar-refractivity contribution in [2.45, 2.75) is 0 Å². The lowest BCUT2D eigenvalue weighted by Gasteiger charge is -1.97. The zero-order valence-corrected chi connectivity index (χ0v) is 8.12. The molecule has 1 aromatic rings. The number of rotatable bonds is 1. The van der Waals surface area contributed by atoms with Crippen LogP contribution in [0.3, 0.4) is 0 Å². The maximum Gasteiger partial charge on any atom is 0.269 e. The number of carbonyl (C=O) groups is 1. The van der Waals surface area contributed by atoms with Gasteiger partial charge in [0, 0.05) is 7.05 Å². The number of aromatic nitrogens is 1. The quantitative estimate of drug-likeness (QED) is 0.607. The van der Waals surface area contributed by atoms with Gasteiger partial charge in [0.1, 0.15) is 9.39 Å². The molecule has 1 heterocycles. The van der Waals surface area contributed by atoms with Crippen LogP contribution >= 0.6 is 22.6 Å². The van der Waals surface area contributed by atoms with Crippen molar-refractivity contribution >= 4 is 28.5 Å². The van der Waals surface area contributed by atoms with Gasteiger partial charge in [-0.1, -0.05) is 6.07 Å². The summed E-state index contributed by atoms with van der Waals surface area (Å²) in [5.74, 6) is -0.150. The molecule has 1 N–H and O–H groups in total. The third-order valence-corrected chi connectivity index (χ3v) is 1.78. The van der Waals surface area contributed by atoms with Crippen LogP contribution in [0.2, 0.25) is 0 Å². The maximum absolute atomic E-state index is 11.0. The highest BCUT2D eigenvalue weighted by atomic mass is 127. The number of pyridine rings is 1. The molecule has 0 aromatic carbocycles. The molecule has 4 heteroatoms. The molecular weight excluding hydrogens is 255 g/mol. The summed E-state index contributed by atoms with van der Waals surface area (Å²) in [6.45, 7) is 0. The fraction of sp³-hybridized carbons (Fsp3) is 0.143. The van der Waals surface area contributed by atoms with Crippen molar-refractivity contribution in [3.8, 4) is 0 Å². The lowest BCUT2D eigenvalue weighted by Crippen LogP contribution is -2.19. The lowest BCUT2D eigenvalue weighted by molar-refractivity contribution is 0.0958. The summed E-state index contributed by atoms with van der Waals surface area (Å²) in [7, 11) is 1.59. The number of hydrogen-bond donors (Lipinski definition) is 1. The third kappa shape index (κ3) is 2.14. The van der Waals surface area contributed by atoms with Crippen molar-refractivity contribution in [1.29, 1.82) is 0 Å². The molecule has 0 unspecified atom stereocenters. The van der Waals surface area contributed by atoms with E-state index in [4.69, 9.17) is 0 Å². The highest BCUT2D eigenvalue weighted by Crippen LogP contribution is 2.01. The minimum Gasteiger partial charge on any atom is -0.354 e. The highest BCUT2D eigenvalue weighted by molar-refractivity contribution is 14.1. The van der Waals surface area contributed by atoms with E-state index in [1.807, 2.05) is 6.07 Å². The number of nitrogens with one attached hydrogen (secondary N) is 1. The molecule has 58 valence electrons. The Morgan fingerprint density at radius 1 is 1.64 bits per heavy atom. The standard InChI is InChI=1S/C7H7IN2O/c1-9-7(11)5-3-2-4-6(8)10-5/h2-4H,1H3,(H,9,11). The zero-order chi connectivity index (χ0) is 8.27. The average molecular weight is 262 g/mol. The van der Waals surface area contributed by atoms with Gasteiger partial charge in [0.2, 0.25) is 0 Å². The van der Waals surface area contributed by atoms with Crippen LogP contribution in [0.25, 0.3) is 0 Å². The highest BCUT2D eigenvalue weighted by Gasteiger charge is 2.02. The first-order valence-corrected chi connectivity index (χ1v) is 4.16. The summed E-state index contributed by atoms with van der Waals surface area (Å²) in [5.41, 5.74) is 0.458. The van der Waals surface area contributed by atoms with Crippen molar-refractivity contribution in [1.82, 2.24) is 10.3 Å². The monoisotopic (exact) mass is 262 g/mol.